The van der Waals surface area contributed by atoms with Gasteiger partial charge in [0.2, 0.25) is 10.0 Å². The molecule has 0 aliphatic carbocycles. The van der Waals surface area contributed by atoms with Crippen molar-refractivity contribution in [2.45, 2.75) is 0 Å². The monoisotopic (exact) mass is 513 g/mol. The second-order valence-electron chi connectivity index (χ2n) is 7.05. The van der Waals surface area contributed by atoms with Gasteiger partial charge in [-0.1, -0.05) is 23.2 Å². The topological polar surface area (TPSA) is 81.1 Å². The van der Waals surface area contributed by atoms with E-state index >= 15 is 0 Å². The number of carbonyl (C=O) groups excluding carboxylic acids is 1. The summed E-state index contributed by atoms with van der Waals surface area (Å²) in [4.78, 5) is 16.1. The van der Waals surface area contributed by atoms with Gasteiger partial charge in [0.05, 0.1) is 33.7 Å². The Morgan fingerprint density at radius 1 is 1.00 bits per heavy atom. The molecule has 2 aromatic carbocycles. The van der Waals surface area contributed by atoms with Gasteiger partial charge in [-0.3, -0.25) is 9.36 Å². The molecular formula is C21H12Cl2F3N3O3S. The Hall–Kier alpha value is -3.08. The van der Waals surface area contributed by atoms with E-state index in [-0.39, 0.29) is 21.4 Å². The van der Waals surface area contributed by atoms with Crippen molar-refractivity contribution in [3.8, 4) is 16.8 Å². The van der Waals surface area contributed by atoms with Crippen LogP contribution < -0.4 is 4.72 Å². The molecule has 6 nitrogen and oxygen atoms in total. The number of aromatic nitrogens is 2. The highest BCUT2D eigenvalue weighted by Crippen LogP contribution is 2.37. The predicted octanol–water partition coefficient (Wildman–Crippen LogP) is 5.11. The molecule has 0 spiro atoms. The van der Waals surface area contributed by atoms with Gasteiger partial charge in [-0.15, -0.1) is 0 Å². The van der Waals surface area contributed by atoms with Crippen molar-refractivity contribution in [2.75, 3.05) is 6.26 Å². The molecular weight excluding hydrogens is 502 g/mol. The average molecular weight is 514 g/mol. The van der Waals surface area contributed by atoms with Crippen LogP contribution in [0.15, 0.2) is 48.8 Å². The van der Waals surface area contributed by atoms with Crippen molar-refractivity contribution in [1.82, 2.24) is 14.3 Å². The standard InChI is InChI=1S/C21H12Cl2F3N3O3S/c1-33(31,32)28-21(30)14-6-17(23)19(7-18(14)26)29-9-15(12-3-2-10(24)5-16(12)22)13-4-11(25)8-27-20(13)29/h2-9H,1H3,(H,28,30). The Morgan fingerprint density at radius 2 is 1.73 bits per heavy atom. The largest absolute Gasteiger partial charge is 0.299 e. The SMILES string of the molecule is CS(=O)(=O)NC(=O)c1cc(Cl)c(-n2cc(-c3ccc(F)cc3Cl)c3cc(F)cnc32)cc1F. The van der Waals surface area contributed by atoms with E-state index in [0.29, 0.717) is 16.5 Å². The fourth-order valence-corrected chi connectivity index (χ4v) is 4.28. The molecule has 0 unspecified atom stereocenters. The van der Waals surface area contributed by atoms with Crippen molar-refractivity contribution in [3.05, 3.63) is 81.9 Å². The molecule has 0 radical (unpaired) electrons. The van der Waals surface area contributed by atoms with E-state index in [4.69, 9.17) is 23.2 Å². The molecule has 2 heterocycles. The molecule has 0 fully saturated rings. The summed E-state index contributed by atoms with van der Waals surface area (Å²) in [5.74, 6) is -3.46. The van der Waals surface area contributed by atoms with Crippen molar-refractivity contribution in [3.63, 3.8) is 0 Å². The van der Waals surface area contributed by atoms with Crippen LogP contribution in [0.5, 0.6) is 0 Å². The number of rotatable bonds is 4. The van der Waals surface area contributed by atoms with Crippen LogP contribution in [0.2, 0.25) is 10.0 Å². The summed E-state index contributed by atoms with van der Waals surface area (Å²) in [7, 11) is -3.93. The number of hydrogen-bond donors (Lipinski definition) is 1. The fourth-order valence-electron chi connectivity index (χ4n) is 3.31. The smallest absolute Gasteiger partial charge is 0.267 e. The summed E-state index contributed by atoms with van der Waals surface area (Å²) in [5.41, 5.74) is 0.374. The van der Waals surface area contributed by atoms with Gasteiger partial charge in [0.15, 0.2) is 0 Å². The molecule has 0 atom stereocenters. The van der Waals surface area contributed by atoms with E-state index < -0.39 is 38.9 Å². The minimum Gasteiger partial charge on any atom is -0.299 e. The molecule has 4 rings (SSSR count). The lowest BCUT2D eigenvalue weighted by Gasteiger charge is -2.11. The van der Waals surface area contributed by atoms with Crippen LogP contribution in [-0.2, 0) is 10.0 Å². The molecule has 0 aliphatic heterocycles. The predicted molar refractivity (Wildman–Crippen MR) is 119 cm³/mol. The minimum absolute atomic E-state index is 0.0404. The third kappa shape index (κ3) is 4.54. The van der Waals surface area contributed by atoms with Crippen LogP contribution in [0.4, 0.5) is 13.2 Å². The van der Waals surface area contributed by atoms with Crippen LogP contribution in [0, 0.1) is 17.5 Å². The molecule has 2 aromatic heterocycles. The molecule has 33 heavy (non-hydrogen) atoms. The number of fused-ring (bicyclic) bond motifs is 1. The number of halogens is 5. The summed E-state index contributed by atoms with van der Waals surface area (Å²) < 4.78 is 67.9. The third-order valence-electron chi connectivity index (χ3n) is 4.65. The van der Waals surface area contributed by atoms with E-state index in [1.165, 1.54) is 29.0 Å². The first-order valence-corrected chi connectivity index (χ1v) is 11.7. The number of nitrogens with zero attached hydrogens (tertiary/aromatic N) is 2. The van der Waals surface area contributed by atoms with Crippen molar-refractivity contribution < 1.29 is 26.4 Å². The first kappa shape index (κ1) is 23.1. The Morgan fingerprint density at radius 3 is 2.39 bits per heavy atom. The summed E-state index contributed by atoms with van der Waals surface area (Å²) >= 11 is 12.5. The molecule has 4 aromatic rings. The number of pyridine rings is 1. The molecule has 12 heteroatoms. The van der Waals surface area contributed by atoms with Crippen LogP contribution in [0.25, 0.3) is 27.8 Å². The van der Waals surface area contributed by atoms with Gasteiger partial charge in [-0.05, 0) is 30.3 Å². The van der Waals surface area contributed by atoms with Crippen molar-refractivity contribution in [2.24, 2.45) is 0 Å². The molecule has 0 aliphatic rings. The molecule has 0 saturated heterocycles. The molecule has 1 amide bonds. The maximum Gasteiger partial charge on any atom is 0.267 e. The number of carbonyl (C=O) groups is 1. The second kappa shape index (κ2) is 8.36. The highest BCUT2D eigenvalue weighted by atomic mass is 35.5. The lowest BCUT2D eigenvalue weighted by atomic mass is 10.1. The zero-order valence-corrected chi connectivity index (χ0v) is 18.9. The average Bonchev–Trinajstić information content (AvgIpc) is 3.06. The highest BCUT2D eigenvalue weighted by molar-refractivity contribution is 7.89. The number of benzene rings is 2. The Labute approximate surface area is 195 Å². The van der Waals surface area contributed by atoms with Crippen LogP contribution in [0.3, 0.4) is 0 Å². The van der Waals surface area contributed by atoms with Crippen LogP contribution >= 0.6 is 23.2 Å². The Balaban J connectivity index is 1.92. The molecule has 1 N–H and O–H groups in total. The zero-order chi connectivity index (χ0) is 24.1. The van der Waals surface area contributed by atoms with Gasteiger partial charge in [0, 0.05) is 28.8 Å². The van der Waals surface area contributed by atoms with Crippen molar-refractivity contribution >= 4 is 50.2 Å². The number of sulfonamides is 1. The van der Waals surface area contributed by atoms with Crippen LogP contribution in [0.1, 0.15) is 10.4 Å². The minimum atomic E-state index is -3.93. The van der Waals surface area contributed by atoms with Gasteiger partial charge in [0.1, 0.15) is 23.1 Å². The summed E-state index contributed by atoms with van der Waals surface area (Å²) in [6, 6.07) is 6.74. The van der Waals surface area contributed by atoms with Gasteiger partial charge in [-0.2, -0.15) is 0 Å². The highest BCUT2D eigenvalue weighted by Gasteiger charge is 2.22. The van der Waals surface area contributed by atoms with Gasteiger partial charge >= 0.3 is 0 Å². The first-order chi connectivity index (χ1) is 15.4. The van der Waals surface area contributed by atoms with E-state index in [1.54, 1.807) is 4.72 Å². The maximum atomic E-state index is 14.8. The molecule has 170 valence electrons. The van der Waals surface area contributed by atoms with E-state index in [2.05, 4.69) is 4.98 Å². The number of hydrogen-bond acceptors (Lipinski definition) is 4. The lowest BCUT2D eigenvalue weighted by Crippen LogP contribution is -2.30. The zero-order valence-electron chi connectivity index (χ0n) is 16.5. The van der Waals surface area contributed by atoms with Gasteiger partial charge in [-0.25, -0.2) is 31.3 Å². The van der Waals surface area contributed by atoms with Crippen LogP contribution in [-0.4, -0.2) is 30.1 Å². The third-order valence-corrected chi connectivity index (χ3v) is 5.82. The van der Waals surface area contributed by atoms with E-state index in [9.17, 15) is 26.4 Å². The number of nitrogens with one attached hydrogen (secondary N) is 1. The Bertz CT molecular complexity index is 1560. The van der Waals surface area contributed by atoms with Crippen molar-refractivity contribution in [1.29, 1.82) is 0 Å². The second-order valence-corrected chi connectivity index (χ2v) is 9.61. The van der Waals surface area contributed by atoms with E-state index in [1.807, 2.05) is 0 Å². The summed E-state index contributed by atoms with van der Waals surface area (Å²) in [6.07, 6.45) is 3.16. The first-order valence-electron chi connectivity index (χ1n) is 9.08. The van der Waals surface area contributed by atoms with Gasteiger partial charge in [0.25, 0.3) is 5.91 Å². The quantitative estimate of drug-likeness (QED) is 0.411. The Kier molecular flexibility index (Phi) is 5.85. The lowest BCUT2D eigenvalue weighted by molar-refractivity contribution is 0.0978. The molecule has 0 saturated carbocycles. The molecule has 0 bridgehead atoms. The fraction of sp³-hybridized carbons (Fsp3) is 0.0476. The van der Waals surface area contributed by atoms with E-state index in [0.717, 1.165) is 30.7 Å². The maximum absolute atomic E-state index is 14.8. The summed E-state index contributed by atoms with van der Waals surface area (Å²) in [5, 5.41) is 0.233. The van der Waals surface area contributed by atoms with Gasteiger partial charge < -0.3 is 0 Å². The normalized spacial score (nSPS) is 11.7. The number of amides is 1. The summed E-state index contributed by atoms with van der Waals surface area (Å²) in [6.45, 7) is 0.